The minimum Gasteiger partial charge on any atom is -0.465 e. The second-order valence-electron chi connectivity index (χ2n) is 3.03. The summed E-state index contributed by atoms with van der Waals surface area (Å²) in [5.74, 6) is 0. The molecule has 0 aliphatic carbocycles. The fourth-order valence-corrected chi connectivity index (χ4v) is 1.34. The third kappa shape index (κ3) is 2.47. The van der Waals surface area contributed by atoms with Gasteiger partial charge in [0.2, 0.25) is 0 Å². The number of hydrogen-bond donors (Lipinski definition) is 2. The summed E-state index contributed by atoms with van der Waals surface area (Å²) in [5, 5.41) is 10.9. The normalized spacial score (nSPS) is 12.2. The molecule has 2 N–H and O–H groups in total. The fourth-order valence-electron chi connectivity index (χ4n) is 1.34. The molecule has 0 spiro atoms. The molecule has 0 radical (unpaired) electrons. The minimum absolute atomic E-state index is 0.154. The third-order valence-electron chi connectivity index (χ3n) is 1.99. The zero-order valence-electron chi connectivity index (χ0n) is 7.74. The molecular formula is C10H13NO2. The predicted molar refractivity (Wildman–Crippen MR) is 50.8 cm³/mol. The Morgan fingerprint density at radius 3 is 2.62 bits per heavy atom. The lowest BCUT2D eigenvalue weighted by molar-refractivity contribution is 0.191. The maximum absolute atomic E-state index is 10.4. The highest BCUT2D eigenvalue weighted by Crippen LogP contribution is 2.15. The van der Waals surface area contributed by atoms with Crippen LogP contribution in [-0.4, -0.2) is 11.2 Å². The fraction of sp³-hybridized carbons (Fsp3) is 0.300. The van der Waals surface area contributed by atoms with Crippen LogP contribution in [0.15, 0.2) is 24.3 Å². The topological polar surface area (TPSA) is 49.3 Å². The van der Waals surface area contributed by atoms with Crippen LogP contribution in [0.5, 0.6) is 0 Å². The highest BCUT2D eigenvalue weighted by atomic mass is 16.4. The summed E-state index contributed by atoms with van der Waals surface area (Å²) >= 11 is 0. The van der Waals surface area contributed by atoms with Gasteiger partial charge in [0.25, 0.3) is 0 Å². The van der Waals surface area contributed by atoms with Gasteiger partial charge >= 0.3 is 6.09 Å². The second-order valence-corrected chi connectivity index (χ2v) is 3.03. The van der Waals surface area contributed by atoms with Crippen LogP contribution in [0.2, 0.25) is 0 Å². The summed E-state index contributed by atoms with van der Waals surface area (Å²) in [4.78, 5) is 10.4. The molecule has 1 aromatic carbocycles. The van der Waals surface area contributed by atoms with Crippen LogP contribution in [0, 0.1) is 6.92 Å². The Labute approximate surface area is 77.4 Å². The Hall–Kier alpha value is -1.51. The average Bonchev–Trinajstić information content (AvgIpc) is 2.03. The number of nitrogens with one attached hydrogen (secondary N) is 1. The van der Waals surface area contributed by atoms with Gasteiger partial charge in [0.1, 0.15) is 0 Å². The van der Waals surface area contributed by atoms with Crippen LogP contribution in [0.25, 0.3) is 0 Å². The molecular weight excluding hydrogens is 166 g/mol. The van der Waals surface area contributed by atoms with E-state index in [1.807, 2.05) is 38.1 Å². The van der Waals surface area contributed by atoms with E-state index in [0.29, 0.717) is 0 Å². The van der Waals surface area contributed by atoms with E-state index in [-0.39, 0.29) is 6.04 Å². The summed E-state index contributed by atoms with van der Waals surface area (Å²) in [6.45, 7) is 3.80. The van der Waals surface area contributed by atoms with E-state index in [4.69, 9.17) is 5.11 Å². The van der Waals surface area contributed by atoms with Crippen molar-refractivity contribution in [2.24, 2.45) is 0 Å². The first kappa shape index (κ1) is 9.58. The predicted octanol–water partition coefficient (Wildman–Crippen LogP) is 2.32. The van der Waals surface area contributed by atoms with Crippen molar-refractivity contribution in [2.75, 3.05) is 0 Å². The number of aryl methyl sites for hydroxylation is 1. The van der Waals surface area contributed by atoms with Crippen LogP contribution in [-0.2, 0) is 0 Å². The van der Waals surface area contributed by atoms with E-state index in [1.54, 1.807) is 0 Å². The quantitative estimate of drug-likeness (QED) is 0.732. The maximum atomic E-state index is 10.4. The van der Waals surface area contributed by atoms with Gasteiger partial charge in [-0.05, 0) is 25.0 Å². The van der Waals surface area contributed by atoms with E-state index in [9.17, 15) is 4.79 Å². The summed E-state index contributed by atoms with van der Waals surface area (Å²) in [5.41, 5.74) is 2.12. The number of benzene rings is 1. The van der Waals surface area contributed by atoms with Crippen molar-refractivity contribution in [1.82, 2.24) is 5.32 Å². The van der Waals surface area contributed by atoms with Crippen LogP contribution in [0.1, 0.15) is 24.1 Å². The smallest absolute Gasteiger partial charge is 0.405 e. The standard InChI is InChI=1S/C10H13NO2/c1-7-5-3-4-6-9(7)8(2)11-10(12)13/h3-6,8,11H,1-2H3,(H,12,13). The van der Waals surface area contributed by atoms with E-state index in [2.05, 4.69) is 5.32 Å². The number of carbonyl (C=O) groups is 1. The molecule has 0 aliphatic rings. The van der Waals surface area contributed by atoms with Gasteiger partial charge in [-0.3, -0.25) is 0 Å². The van der Waals surface area contributed by atoms with Crippen molar-refractivity contribution in [2.45, 2.75) is 19.9 Å². The lowest BCUT2D eigenvalue weighted by atomic mass is 10.0. The van der Waals surface area contributed by atoms with Gasteiger partial charge in [0, 0.05) is 0 Å². The molecule has 1 aromatic rings. The number of amides is 1. The molecule has 1 amide bonds. The van der Waals surface area contributed by atoms with E-state index in [1.165, 1.54) is 0 Å². The Kier molecular flexibility index (Phi) is 2.90. The summed E-state index contributed by atoms with van der Waals surface area (Å²) in [6.07, 6.45) is -0.990. The third-order valence-corrected chi connectivity index (χ3v) is 1.99. The van der Waals surface area contributed by atoms with Gasteiger partial charge in [-0.2, -0.15) is 0 Å². The van der Waals surface area contributed by atoms with Gasteiger partial charge in [-0.25, -0.2) is 4.79 Å². The molecule has 0 fully saturated rings. The molecule has 1 rings (SSSR count). The number of hydrogen-bond acceptors (Lipinski definition) is 1. The van der Waals surface area contributed by atoms with Crippen LogP contribution in [0.4, 0.5) is 4.79 Å². The zero-order valence-corrected chi connectivity index (χ0v) is 7.74. The molecule has 0 heterocycles. The molecule has 1 atom stereocenters. The van der Waals surface area contributed by atoms with Crippen molar-refractivity contribution in [1.29, 1.82) is 0 Å². The minimum atomic E-state index is -0.990. The lowest BCUT2D eigenvalue weighted by Gasteiger charge is -2.13. The molecule has 0 saturated carbocycles. The van der Waals surface area contributed by atoms with Crippen molar-refractivity contribution in [3.63, 3.8) is 0 Å². The van der Waals surface area contributed by atoms with Crippen LogP contribution in [0.3, 0.4) is 0 Å². The molecule has 70 valence electrons. The number of rotatable bonds is 2. The first-order valence-electron chi connectivity index (χ1n) is 4.16. The highest BCUT2D eigenvalue weighted by molar-refractivity contribution is 5.65. The van der Waals surface area contributed by atoms with Gasteiger partial charge in [0.15, 0.2) is 0 Å². The second kappa shape index (κ2) is 3.94. The summed E-state index contributed by atoms with van der Waals surface area (Å²) in [6, 6.07) is 7.58. The van der Waals surface area contributed by atoms with Gasteiger partial charge < -0.3 is 10.4 Å². The van der Waals surface area contributed by atoms with Gasteiger partial charge in [0.05, 0.1) is 6.04 Å². The van der Waals surface area contributed by atoms with E-state index < -0.39 is 6.09 Å². The Balaban J connectivity index is 2.82. The zero-order chi connectivity index (χ0) is 9.84. The van der Waals surface area contributed by atoms with Crippen LogP contribution >= 0.6 is 0 Å². The number of carboxylic acid groups (broad SMARTS) is 1. The lowest BCUT2D eigenvalue weighted by Crippen LogP contribution is -2.24. The first-order valence-corrected chi connectivity index (χ1v) is 4.16. The van der Waals surface area contributed by atoms with Crippen LogP contribution < -0.4 is 5.32 Å². The molecule has 0 aromatic heterocycles. The van der Waals surface area contributed by atoms with Crippen molar-refractivity contribution >= 4 is 6.09 Å². The molecule has 3 heteroatoms. The van der Waals surface area contributed by atoms with E-state index in [0.717, 1.165) is 11.1 Å². The Bertz CT molecular complexity index is 310. The molecule has 13 heavy (non-hydrogen) atoms. The van der Waals surface area contributed by atoms with Gasteiger partial charge in [-0.1, -0.05) is 24.3 Å². The van der Waals surface area contributed by atoms with Crippen molar-refractivity contribution in [3.8, 4) is 0 Å². The molecule has 1 unspecified atom stereocenters. The highest BCUT2D eigenvalue weighted by Gasteiger charge is 2.08. The molecule has 3 nitrogen and oxygen atoms in total. The van der Waals surface area contributed by atoms with Gasteiger partial charge in [-0.15, -0.1) is 0 Å². The van der Waals surface area contributed by atoms with Crippen molar-refractivity contribution in [3.05, 3.63) is 35.4 Å². The average molecular weight is 179 g/mol. The van der Waals surface area contributed by atoms with Crippen molar-refractivity contribution < 1.29 is 9.90 Å². The monoisotopic (exact) mass is 179 g/mol. The largest absolute Gasteiger partial charge is 0.465 e. The maximum Gasteiger partial charge on any atom is 0.405 e. The Morgan fingerprint density at radius 2 is 2.08 bits per heavy atom. The molecule has 0 saturated heterocycles. The summed E-state index contributed by atoms with van der Waals surface area (Å²) in [7, 11) is 0. The Morgan fingerprint density at radius 1 is 1.46 bits per heavy atom. The molecule has 0 bridgehead atoms. The SMILES string of the molecule is Cc1ccccc1C(C)NC(=O)O. The van der Waals surface area contributed by atoms with E-state index >= 15 is 0 Å². The first-order chi connectivity index (χ1) is 6.11. The summed E-state index contributed by atoms with van der Waals surface area (Å²) < 4.78 is 0. The molecule has 0 aliphatic heterocycles.